The zero-order chi connectivity index (χ0) is 79.0. The summed E-state index contributed by atoms with van der Waals surface area (Å²) < 4.78 is 69.0. The van der Waals surface area contributed by atoms with E-state index in [4.69, 9.17) is 37.0 Å². The van der Waals surface area contributed by atoms with Gasteiger partial charge >= 0.3 is 39.5 Å². The molecule has 108 heavy (non-hydrogen) atoms. The van der Waals surface area contributed by atoms with Crippen molar-refractivity contribution in [2.24, 2.45) is 5.92 Å². The number of aliphatic hydroxyl groups excluding tert-OH is 1. The van der Waals surface area contributed by atoms with Gasteiger partial charge in [-0.1, -0.05) is 433 Å². The van der Waals surface area contributed by atoms with Crippen LogP contribution < -0.4 is 0 Å². The largest absolute Gasteiger partial charge is 0.472 e. The average molecular weight is 1580 g/mol. The molecule has 0 rings (SSSR count). The van der Waals surface area contributed by atoms with E-state index in [0.29, 0.717) is 25.7 Å². The Bertz CT molecular complexity index is 2050. The Kier molecular flexibility index (Phi) is 80.2. The summed E-state index contributed by atoms with van der Waals surface area (Å²) in [7, 11) is -9.93. The molecule has 0 aromatic carbocycles. The van der Waals surface area contributed by atoms with E-state index in [1.165, 1.54) is 308 Å². The second-order valence-electron chi connectivity index (χ2n) is 32.5. The number of hydrogen-bond acceptors (Lipinski definition) is 15. The minimum atomic E-state index is -4.97. The van der Waals surface area contributed by atoms with Gasteiger partial charge in [0.05, 0.1) is 26.4 Å². The quantitative estimate of drug-likeness (QED) is 0.0222. The van der Waals surface area contributed by atoms with Crippen LogP contribution in [-0.2, 0) is 65.4 Å². The van der Waals surface area contributed by atoms with E-state index in [1.54, 1.807) is 0 Å². The Labute approximate surface area is 664 Å². The van der Waals surface area contributed by atoms with Crippen molar-refractivity contribution in [3.05, 3.63) is 0 Å². The summed E-state index contributed by atoms with van der Waals surface area (Å²) in [5.74, 6) is -1.28. The van der Waals surface area contributed by atoms with E-state index in [0.717, 1.165) is 95.8 Å². The molecule has 642 valence electrons. The van der Waals surface area contributed by atoms with Crippen molar-refractivity contribution in [1.29, 1.82) is 0 Å². The van der Waals surface area contributed by atoms with E-state index in [9.17, 15) is 43.2 Å². The molecule has 0 amide bonds. The number of esters is 4. The van der Waals surface area contributed by atoms with Gasteiger partial charge in [-0.05, 0) is 31.6 Å². The lowest BCUT2D eigenvalue weighted by Gasteiger charge is -2.21. The SMILES string of the molecule is CCCCCCCCCCCCCCCCCCCCCCCCC(=O)O[C@H](COC(=O)CCCCCCCCCCCCCCCCCCC(C)C)COP(=O)(O)OC[C@@H](O)COP(=O)(O)OC[C@@H](COC(=O)CCCCCCCCCCCCCCC)OC(=O)CCCCCCCCCCCCCCCC. The predicted octanol–water partition coefficient (Wildman–Crippen LogP) is 27.5. The molecule has 0 aliphatic carbocycles. The maximum atomic E-state index is 13.2. The Morgan fingerprint density at radius 2 is 0.426 bits per heavy atom. The van der Waals surface area contributed by atoms with Crippen molar-refractivity contribution in [2.45, 2.75) is 502 Å². The fourth-order valence-electron chi connectivity index (χ4n) is 14.0. The van der Waals surface area contributed by atoms with E-state index in [-0.39, 0.29) is 25.7 Å². The fraction of sp³-hybridized carbons (Fsp3) is 0.955. The molecule has 0 spiro atoms. The third-order valence-corrected chi connectivity index (χ3v) is 22.9. The molecular weight excluding hydrogens is 1400 g/mol. The van der Waals surface area contributed by atoms with Crippen LogP contribution in [0.2, 0.25) is 0 Å². The summed E-state index contributed by atoms with van der Waals surface area (Å²) >= 11 is 0. The van der Waals surface area contributed by atoms with Crippen molar-refractivity contribution in [3.8, 4) is 0 Å². The van der Waals surface area contributed by atoms with Gasteiger partial charge in [-0.15, -0.1) is 0 Å². The molecule has 0 heterocycles. The Morgan fingerprint density at radius 1 is 0.250 bits per heavy atom. The highest BCUT2D eigenvalue weighted by molar-refractivity contribution is 7.47. The van der Waals surface area contributed by atoms with Gasteiger partial charge in [-0.2, -0.15) is 0 Å². The molecule has 2 unspecified atom stereocenters. The van der Waals surface area contributed by atoms with Crippen LogP contribution in [0.15, 0.2) is 0 Å². The van der Waals surface area contributed by atoms with Gasteiger partial charge in [0.25, 0.3) is 0 Å². The molecule has 0 bridgehead atoms. The number of carbonyl (C=O) groups excluding carboxylic acids is 4. The molecule has 17 nitrogen and oxygen atoms in total. The summed E-state index contributed by atoms with van der Waals surface area (Å²) in [6, 6.07) is 0. The molecule has 0 aliphatic heterocycles. The van der Waals surface area contributed by atoms with Crippen LogP contribution in [0.4, 0.5) is 0 Å². The number of rotatable bonds is 89. The summed E-state index contributed by atoms with van der Waals surface area (Å²) in [4.78, 5) is 73.3. The number of phosphoric acid groups is 2. The Hall–Kier alpha value is -1.94. The van der Waals surface area contributed by atoms with Gasteiger partial charge in [-0.25, -0.2) is 9.13 Å². The molecule has 0 aromatic rings. The Morgan fingerprint density at radius 3 is 0.630 bits per heavy atom. The van der Waals surface area contributed by atoms with Gasteiger partial charge in [0.1, 0.15) is 19.3 Å². The lowest BCUT2D eigenvalue weighted by Crippen LogP contribution is -2.30. The highest BCUT2D eigenvalue weighted by atomic mass is 31.2. The highest BCUT2D eigenvalue weighted by Gasteiger charge is 2.30. The number of hydrogen-bond donors (Lipinski definition) is 3. The normalized spacial score (nSPS) is 13.7. The molecule has 0 aliphatic rings. The fourth-order valence-corrected chi connectivity index (χ4v) is 15.6. The molecule has 0 aromatic heterocycles. The average Bonchev–Trinajstić information content (AvgIpc) is 0.899. The zero-order valence-corrected chi connectivity index (χ0v) is 72.8. The third kappa shape index (κ3) is 82.1. The molecule has 19 heteroatoms. The molecule has 0 radical (unpaired) electrons. The lowest BCUT2D eigenvalue weighted by molar-refractivity contribution is -0.161. The minimum absolute atomic E-state index is 0.109. The topological polar surface area (TPSA) is 237 Å². The molecular formula is C89H174O17P2. The standard InChI is InChI=1S/C89H174O17P2/c1-6-9-12-15-18-21-24-27-29-30-31-32-33-34-35-40-45-50-55-60-65-70-75-89(94)106-85(79-100-87(92)73-68-63-58-53-48-44-39-37-36-38-42-46-51-56-61-66-71-82(4)5)81-104-108(97,98)102-77-83(90)76-101-107(95,96)103-80-84(78-99-86(91)72-67-62-57-52-47-41-26-23-20-17-14-11-8-3)105-88(93)74-69-64-59-54-49-43-28-25-22-19-16-13-10-7-2/h82-85,90H,6-81H2,1-5H3,(H,95,96)(H,97,98)/t83-,84+,85+/m0/s1. The summed E-state index contributed by atoms with van der Waals surface area (Å²) in [6.45, 7) is 7.42. The van der Waals surface area contributed by atoms with Gasteiger partial charge in [0.15, 0.2) is 12.2 Å². The molecule has 5 atom stereocenters. The lowest BCUT2D eigenvalue weighted by atomic mass is 10.0. The van der Waals surface area contributed by atoms with Gasteiger partial charge in [0, 0.05) is 25.7 Å². The third-order valence-electron chi connectivity index (χ3n) is 21.0. The summed E-state index contributed by atoms with van der Waals surface area (Å²) in [5, 5.41) is 10.7. The van der Waals surface area contributed by atoms with Gasteiger partial charge in [-0.3, -0.25) is 37.3 Å². The van der Waals surface area contributed by atoms with E-state index < -0.39 is 97.5 Å². The first-order valence-electron chi connectivity index (χ1n) is 46.1. The minimum Gasteiger partial charge on any atom is -0.462 e. The maximum Gasteiger partial charge on any atom is 0.472 e. The summed E-state index contributed by atoms with van der Waals surface area (Å²) in [6.07, 6.45) is 76.4. The number of phosphoric ester groups is 2. The van der Waals surface area contributed by atoms with Crippen molar-refractivity contribution >= 4 is 39.5 Å². The smallest absolute Gasteiger partial charge is 0.462 e. The second-order valence-corrected chi connectivity index (χ2v) is 35.4. The second kappa shape index (κ2) is 81.6. The van der Waals surface area contributed by atoms with Crippen LogP contribution in [0, 0.1) is 5.92 Å². The number of carbonyl (C=O) groups is 4. The first-order chi connectivity index (χ1) is 52.5. The van der Waals surface area contributed by atoms with Crippen LogP contribution in [-0.4, -0.2) is 96.7 Å². The number of ether oxygens (including phenoxy) is 4. The van der Waals surface area contributed by atoms with E-state index in [2.05, 4.69) is 34.6 Å². The molecule has 3 N–H and O–H groups in total. The number of unbranched alkanes of at least 4 members (excludes halogenated alkanes) is 61. The van der Waals surface area contributed by atoms with Gasteiger partial charge < -0.3 is 33.8 Å². The number of aliphatic hydroxyl groups is 1. The van der Waals surface area contributed by atoms with Crippen LogP contribution in [0.1, 0.15) is 484 Å². The van der Waals surface area contributed by atoms with Crippen LogP contribution in [0.5, 0.6) is 0 Å². The van der Waals surface area contributed by atoms with E-state index >= 15 is 0 Å². The van der Waals surface area contributed by atoms with Gasteiger partial charge in [0.2, 0.25) is 0 Å². The van der Waals surface area contributed by atoms with Crippen molar-refractivity contribution in [2.75, 3.05) is 39.6 Å². The van der Waals surface area contributed by atoms with Crippen LogP contribution >= 0.6 is 15.6 Å². The van der Waals surface area contributed by atoms with Crippen LogP contribution in [0.25, 0.3) is 0 Å². The first-order valence-corrected chi connectivity index (χ1v) is 49.1. The molecule has 0 fully saturated rings. The monoisotopic (exact) mass is 1580 g/mol. The van der Waals surface area contributed by atoms with Crippen molar-refractivity contribution < 1.29 is 80.2 Å². The van der Waals surface area contributed by atoms with E-state index in [1.807, 2.05) is 0 Å². The van der Waals surface area contributed by atoms with Crippen molar-refractivity contribution in [3.63, 3.8) is 0 Å². The first kappa shape index (κ1) is 106. The van der Waals surface area contributed by atoms with Crippen molar-refractivity contribution in [1.82, 2.24) is 0 Å². The summed E-state index contributed by atoms with van der Waals surface area (Å²) in [5.41, 5.74) is 0. The highest BCUT2D eigenvalue weighted by Crippen LogP contribution is 2.45. The predicted molar refractivity (Wildman–Crippen MR) is 446 cm³/mol. The molecule has 0 saturated heterocycles. The maximum absolute atomic E-state index is 13.2. The van der Waals surface area contributed by atoms with Crippen LogP contribution in [0.3, 0.4) is 0 Å². The Balaban J connectivity index is 5.24. The zero-order valence-electron chi connectivity index (χ0n) is 71.0. The molecule has 0 saturated carbocycles.